The van der Waals surface area contributed by atoms with Crippen LogP contribution < -0.4 is 0 Å². The van der Waals surface area contributed by atoms with Crippen LogP contribution in [-0.2, 0) is 28.4 Å². The van der Waals surface area contributed by atoms with Gasteiger partial charge in [0.25, 0.3) is 0 Å². The summed E-state index contributed by atoms with van der Waals surface area (Å²) in [5.74, 6) is -0.871. The van der Waals surface area contributed by atoms with E-state index in [2.05, 4.69) is 23.6 Å². The highest BCUT2D eigenvalue weighted by molar-refractivity contribution is 8.06. The summed E-state index contributed by atoms with van der Waals surface area (Å²) in [7, 11) is -0.0517. The number of hydrogen-bond donors (Lipinski definition) is 1. The fraction of sp³-hybridized carbons (Fsp3) is 0.667. The van der Waals surface area contributed by atoms with Crippen molar-refractivity contribution in [1.82, 2.24) is 0 Å². The van der Waals surface area contributed by atoms with Crippen LogP contribution in [-0.4, -0.2) is 16.0 Å². The van der Waals surface area contributed by atoms with E-state index >= 15 is 0 Å². The minimum atomic E-state index is -0.871. The normalized spacial score (nSPS) is 17.4. The van der Waals surface area contributed by atoms with Crippen molar-refractivity contribution in [1.29, 1.82) is 0 Å². The summed E-state index contributed by atoms with van der Waals surface area (Å²) >= 11 is 9.30. The van der Waals surface area contributed by atoms with E-state index in [0.717, 1.165) is 0 Å². The second-order valence-corrected chi connectivity index (χ2v) is 5.77. The van der Waals surface area contributed by atoms with Gasteiger partial charge in [-0.1, -0.05) is 0 Å². The van der Waals surface area contributed by atoms with Crippen molar-refractivity contribution in [3.8, 4) is 0 Å². The summed E-state index contributed by atoms with van der Waals surface area (Å²) in [6, 6.07) is 0. The van der Waals surface area contributed by atoms with Gasteiger partial charge in [0, 0.05) is 6.92 Å². The smallest absolute Gasteiger partial charge is 0.404 e. The minimum absolute atomic E-state index is 0.0258. The Morgan fingerprint density at radius 2 is 1.89 bits per heavy atom. The van der Waals surface area contributed by atoms with Crippen molar-refractivity contribution in [3.63, 3.8) is 0 Å². The fourth-order valence-corrected chi connectivity index (χ4v) is 2.47. The van der Waals surface area contributed by atoms with Gasteiger partial charge in [0.15, 0.2) is 23.6 Å². The van der Waals surface area contributed by atoms with E-state index in [1.165, 1.54) is 0 Å². The average molecular weight is 200 g/mol. The van der Waals surface area contributed by atoms with Crippen LogP contribution in [0.25, 0.3) is 0 Å². The lowest BCUT2D eigenvalue weighted by Gasteiger charge is -1.92. The molecular weight excluding hydrogens is 194 g/mol. The number of carbonyl (C=O) groups is 1. The van der Waals surface area contributed by atoms with E-state index in [0.29, 0.717) is 0 Å². The van der Waals surface area contributed by atoms with Crippen molar-refractivity contribution < 1.29 is 9.90 Å². The Morgan fingerprint density at radius 1 is 1.56 bits per heavy atom. The third-order valence-corrected chi connectivity index (χ3v) is 6.37. The molecule has 0 saturated carbocycles. The van der Waals surface area contributed by atoms with Gasteiger partial charge in [-0.3, -0.25) is 0 Å². The molecule has 0 heterocycles. The number of carboxylic acid groups (broad SMARTS) is 1. The molecule has 2 atom stereocenters. The Hall–Kier alpha value is 0.510. The second-order valence-electron chi connectivity index (χ2n) is 1.63. The molecule has 0 aliphatic heterocycles. The first kappa shape index (κ1) is 9.51. The zero-order valence-electron chi connectivity index (χ0n) is 4.67. The molecule has 0 aromatic rings. The quantitative estimate of drug-likeness (QED) is 0.691. The molecule has 6 heteroatoms. The summed E-state index contributed by atoms with van der Waals surface area (Å²) in [5, 5.41) is 8.51. The van der Waals surface area contributed by atoms with Crippen LogP contribution in [0.3, 0.4) is 0 Å². The van der Waals surface area contributed by atoms with Crippen molar-refractivity contribution in [2.45, 2.75) is 11.8 Å². The van der Waals surface area contributed by atoms with Gasteiger partial charge in [-0.15, -0.1) is 0 Å². The summed E-state index contributed by atoms with van der Waals surface area (Å²) in [6.45, 7) is 1.59. The maximum Gasteiger partial charge on any atom is 0.404 e. The van der Waals surface area contributed by atoms with Gasteiger partial charge in [0.05, 0.1) is 0 Å². The molecule has 2 unspecified atom stereocenters. The lowest BCUT2D eigenvalue weighted by Crippen LogP contribution is -2.20. The van der Waals surface area contributed by atoms with Crippen molar-refractivity contribution >= 4 is 44.3 Å². The largest absolute Gasteiger partial charge is 0.474 e. The highest BCUT2D eigenvalue weighted by Gasteiger charge is 2.45. The van der Waals surface area contributed by atoms with Crippen LogP contribution in [0.1, 0.15) is 6.92 Å². The van der Waals surface area contributed by atoms with E-state index in [9.17, 15) is 4.79 Å². The Labute approximate surface area is 66.3 Å². The molecular formula is C3H6O2P2S2+2. The number of rotatable bonds is 3. The van der Waals surface area contributed by atoms with Crippen LogP contribution in [0.15, 0.2) is 0 Å². The molecule has 0 radical (unpaired) electrons. The molecule has 1 N–H and O–H groups in total. The highest BCUT2D eigenvalue weighted by atomic mass is 32.4. The van der Waals surface area contributed by atoms with Crippen LogP contribution in [0, 0.1) is 0 Å². The maximum absolute atomic E-state index is 10.4. The van der Waals surface area contributed by atoms with Crippen molar-refractivity contribution in [3.05, 3.63) is 0 Å². The van der Waals surface area contributed by atoms with Crippen LogP contribution in [0.5, 0.6) is 0 Å². The van der Waals surface area contributed by atoms with Gasteiger partial charge in [-0.25, -0.2) is 4.79 Å². The molecule has 9 heavy (non-hydrogen) atoms. The highest BCUT2D eigenvalue weighted by Crippen LogP contribution is 2.34. The van der Waals surface area contributed by atoms with Crippen molar-refractivity contribution in [2.75, 3.05) is 0 Å². The summed E-state index contributed by atoms with van der Waals surface area (Å²) in [6.07, 6.45) is 0. The Bertz CT molecular complexity index is 150. The van der Waals surface area contributed by atoms with E-state index in [1.807, 2.05) is 0 Å². The SMILES string of the molecule is CC([PH+]=S)([PH+]=S)C(=O)O. The molecule has 0 rings (SSSR count). The third-order valence-electron chi connectivity index (χ3n) is 0.836. The average Bonchev–Trinajstić information content (AvgIpc) is 1.86. The maximum atomic E-state index is 10.4. The molecule has 0 aromatic carbocycles. The van der Waals surface area contributed by atoms with E-state index < -0.39 is 10.9 Å². The molecule has 0 saturated heterocycles. The van der Waals surface area contributed by atoms with Crippen molar-refractivity contribution in [2.24, 2.45) is 0 Å². The first-order valence-corrected chi connectivity index (χ1v) is 6.35. The molecule has 0 aromatic heterocycles. The first-order chi connectivity index (χ1) is 4.06. The molecule has 0 spiro atoms. The third kappa shape index (κ3) is 2.30. The molecule has 0 aliphatic carbocycles. The lowest BCUT2D eigenvalue weighted by molar-refractivity contribution is -0.137. The van der Waals surface area contributed by atoms with Gasteiger partial charge in [0.1, 0.15) is 0 Å². The predicted octanol–water partition coefficient (Wildman–Crippen LogP) is 1.07. The second kappa shape index (κ2) is 3.62. The fourth-order valence-electron chi connectivity index (χ4n) is 0.108. The van der Waals surface area contributed by atoms with E-state index in [-0.39, 0.29) is 14.7 Å². The molecule has 50 valence electrons. The number of carboxylic acids is 1. The van der Waals surface area contributed by atoms with E-state index in [4.69, 9.17) is 5.11 Å². The molecule has 0 amide bonds. The van der Waals surface area contributed by atoms with Gasteiger partial charge >= 0.3 is 10.9 Å². The topological polar surface area (TPSA) is 37.3 Å². The monoisotopic (exact) mass is 200 g/mol. The zero-order chi connectivity index (χ0) is 7.49. The molecule has 0 aliphatic rings. The number of aliphatic carboxylic acids is 1. The Balaban J connectivity index is 4.46. The molecule has 2 nitrogen and oxygen atoms in total. The van der Waals surface area contributed by atoms with Gasteiger partial charge in [-0.05, 0) is 0 Å². The Morgan fingerprint density at radius 3 is 1.89 bits per heavy atom. The molecule has 0 bridgehead atoms. The van der Waals surface area contributed by atoms with Gasteiger partial charge in [0.2, 0.25) is 14.7 Å². The molecule has 0 fully saturated rings. The van der Waals surface area contributed by atoms with Gasteiger partial charge in [-0.2, -0.15) is 0 Å². The summed E-state index contributed by atoms with van der Waals surface area (Å²) < 4.78 is 0. The summed E-state index contributed by atoms with van der Waals surface area (Å²) in [5.41, 5.74) is 0. The van der Waals surface area contributed by atoms with Crippen LogP contribution in [0.2, 0.25) is 0 Å². The summed E-state index contributed by atoms with van der Waals surface area (Å²) in [4.78, 5) is 9.55. The minimum Gasteiger partial charge on any atom is -0.474 e. The Kier molecular flexibility index (Phi) is 3.83. The predicted molar refractivity (Wildman–Crippen MR) is 47.4 cm³/mol. The van der Waals surface area contributed by atoms with Gasteiger partial charge < -0.3 is 5.11 Å². The lowest BCUT2D eigenvalue weighted by atomic mass is 10.5. The van der Waals surface area contributed by atoms with E-state index in [1.54, 1.807) is 6.92 Å². The zero-order valence-corrected chi connectivity index (χ0v) is 8.30. The van der Waals surface area contributed by atoms with Crippen LogP contribution >= 0.6 is 14.7 Å². The first-order valence-electron chi connectivity index (χ1n) is 2.09. The standard InChI is InChI=1S/C3H4O2P2S2/c1-3(6-8,7-9)2(4)5/h1H3,(H,4,5)/p+2. The number of hydrogen-bond acceptors (Lipinski definition) is 3. The van der Waals surface area contributed by atoms with Crippen LogP contribution in [0.4, 0.5) is 0 Å².